The Balaban J connectivity index is 2.05. The number of aromatic amines is 1. The van der Waals surface area contributed by atoms with E-state index in [0.29, 0.717) is 35.3 Å². The summed E-state index contributed by atoms with van der Waals surface area (Å²) in [4.78, 5) is 0.303. The number of H-pyrrole nitrogens is 1. The number of nitrogens with one attached hydrogen (secondary N) is 3. The van der Waals surface area contributed by atoms with Crippen LogP contribution in [0.25, 0.3) is 0 Å². The van der Waals surface area contributed by atoms with Gasteiger partial charge in [0.25, 0.3) is 0 Å². The Kier molecular flexibility index (Phi) is 6.09. The molecule has 0 radical (unpaired) electrons. The summed E-state index contributed by atoms with van der Waals surface area (Å²) < 4.78 is 27.8. The van der Waals surface area contributed by atoms with Gasteiger partial charge >= 0.3 is 0 Å². The van der Waals surface area contributed by atoms with E-state index in [-0.39, 0.29) is 0 Å². The van der Waals surface area contributed by atoms with E-state index in [2.05, 4.69) is 27.2 Å². The first-order chi connectivity index (χ1) is 10.0. The lowest BCUT2D eigenvalue weighted by molar-refractivity contribution is 0.543. The molecule has 0 aliphatic carbocycles. The van der Waals surface area contributed by atoms with Gasteiger partial charge in [-0.3, -0.25) is 5.10 Å². The average Bonchev–Trinajstić information content (AvgIpc) is 3.07. The Morgan fingerprint density at radius 1 is 1.48 bits per heavy atom. The van der Waals surface area contributed by atoms with Crippen molar-refractivity contribution in [2.75, 3.05) is 24.6 Å². The van der Waals surface area contributed by atoms with Gasteiger partial charge in [0.2, 0.25) is 10.0 Å². The minimum absolute atomic E-state index is 0.303. The van der Waals surface area contributed by atoms with E-state index in [0.717, 1.165) is 30.9 Å². The van der Waals surface area contributed by atoms with E-state index in [1.165, 1.54) is 0 Å². The number of aromatic nitrogens is 2. The van der Waals surface area contributed by atoms with Gasteiger partial charge < -0.3 is 5.32 Å². The van der Waals surface area contributed by atoms with Crippen molar-refractivity contribution in [3.8, 4) is 0 Å². The van der Waals surface area contributed by atoms with Crippen molar-refractivity contribution in [2.45, 2.75) is 38.1 Å². The topological polar surface area (TPSA) is 86.9 Å². The smallest absolute Gasteiger partial charge is 0.244 e. The van der Waals surface area contributed by atoms with Gasteiger partial charge in [0.05, 0.1) is 11.4 Å². The van der Waals surface area contributed by atoms with Crippen molar-refractivity contribution >= 4 is 21.8 Å². The minimum Gasteiger partial charge on any atom is -0.311 e. The van der Waals surface area contributed by atoms with Gasteiger partial charge in [-0.2, -0.15) is 16.9 Å². The summed E-state index contributed by atoms with van der Waals surface area (Å²) >= 11 is 1.89. The largest absolute Gasteiger partial charge is 0.311 e. The second-order valence-corrected chi connectivity index (χ2v) is 8.24. The number of hydrogen-bond donors (Lipinski definition) is 3. The zero-order chi connectivity index (χ0) is 15.3. The maximum atomic E-state index is 12.5. The molecule has 0 saturated carbocycles. The molecule has 1 unspecified atom stereocenters. The van der Waals surface area contributed by atoms with Crippen LogP contribution in [0.1, 0.15) is 31.2 Å². The Morgan fingerprint density at radius 2 is 2.29 bits per heavy atom. The molecule has 120 valence electrons. The van der Waals surface area contributed by atoms with Crippen molar-refractivity contribution in [3.05, 3.63) is 11.4 Å². The molecule has 1 aliphatic rings. The van der Waals surface area contributed by atoms with Crippen LogP contribution in [0.3, 0.4) is 0 Å². The fourth-order valence-electron chi connectivity index (χ4n) is 2.37. The van der Waals surface area contributed by atoms with Gasteiger partial charge in [-0.15, -0.1) is 0 Å². The molecule has 0 aromatic carbocycles. The summed E-state index contributed by atoms with van der Waals surface area (Å²) in [7, 11) is -3.50. The predicted octanol–water partition coefficient (Wildman–Crippen LogP) is 1.25. The highest BCUT2D eigenvalue weighted by molar-refractivity contribution is 7.99. The second kappa shape index (κ2) is 7.62. The van der Waals surface area contributed by atoms with Crippen molar-refractivity contribution in [1.29, 1.82) is 0 Å². The second-order valence-electron chi connectivity index (χ2n) is 5.38. The summed E-state index contributed by atoms with van der Waals surface area (Å²) in [6.45, 7) is 5.64. The lowest BCUT2D eigenvalue weighted by atomic mass is 10.1. The van der Waals surface area contributed by atoms with Crippen LogP contribution in [-0.4, -0.2) is 43.2 Å². The van der Waals surface area contributed by atoms with Gasteiger partial charge in [-0.05, 0) is 43.7 Å². The molecule has 3 N–H and O–H groups in total. The molecule has 0 amide bonds. The quantitative estimate of drug-likeness (QED) is 0.624. The van der Waals surface area contributed by atoms with Crippen molar-refractivity contribution in [2.24, 2.45) is 5.92 Å². The first-order valence-electron chi connectivity index (χ1n) is 7.36. The van der Waals surface area contributed by atoms with Gasteiger partial charge in [0.15, 0.2) is 0 Å². The first-order valence-corrected chi connectivity index (χ1v) is 10.0. The van der Waals surface area contributed by atoms with Gasteiger partial charge in [-0.25, -0.2) is 13.1 Å². The molecule has 0 spiro atoms. The molecule has 0 bridgehead atoms. The van der Waals surface area contributed by atoms with Crippen LogP contribution in [-0.2, 0) is 16.6 Å². The summed E-state index contributed by atoms with van der Waals surface area (Å²) in [6, 6.07) is 0. The number of rotatable bonds is 8. The normalized spacial score (nSPS) is 19.2. The Morgan fingerprint density at radius 3 is 2.95 bits per heavy atom. The molecule has 1 aromatic heterocycles. The minimum atomic E-state index is -3.50. The van der Waals surface area contributed by atoms with E-state index in [9.17, 15) is 8.42 Å². The molecule has 2 heterocycles. The molecule has 1 atom stereocenters. The van der Waals surface area contributed by atoms with Gasteiger partial charge in [0.1, 0.15) is 4.90 Å². The Bertz CT molecular complexity index is 551. The molecular formula is C13H24N4O2S2. The molecular weight excluding hydrogens is 308 g/mol. The summed E-state index contributed by atoms with van der Waals surface area (Å²) in [6.07, 6.45) is 2.09. The molecule has 1 fully saturated rings. The van der Waals surface area contributed by atoms with Crippen molar-refractivity contribution in [3.63, 3.8) is 0 Å². The third-order valence-electron chi connectivity index (χ3n) is 3.54. The average molecular weight is 332 g/mol. The molecule has 1 saturated heterocycles. The molecule has 1 aromatic rings. The van der Waals surface area contributed by atoms with Crippen LogP contribution < -0.4 is 10.0 Å². The molecule has 1 aliphatic heterocycles. The fourth-order valence-corrected chi connectivity index (χ4v) is 5.13. The van der Waals surface area contributed by atoms with E-state index in [4.69, 9.17) is 0 Å². The summed E-state index contributed by atoms with van der Waals surface area (Å²) in [5.74, 6) is 2.61. The Labute approximate surface area is 130 Å². The highest BCUT2D eigenvalue weighted by Gasteiger charge is 2.25. The van der Waals surface area contributed by atoms with Crippen molar-refractivity contribution in [1.82, 2.24) is 20.2 Å². The third kappa shape index (κ3) is 4.45. The summed E-state index contributed by atoms with van der Waals surface area (Å²) in [5.41, 5.74) is 1.16. The number of hydrogen-bond acceptors (Lipinski definition) is 5. The lowest BCUT2D eigenvalue weighted by Crippen LogP contribution is -2.30. The van der Waals surface area contributed by atoms with Crippen molar-refractivity contribution < 1.29 is 8.42 Å². The number of sulfonamides is 1. The fraction of sp³-hybridized carbons (Fsp3) is 0.769. The SMILES string of the molecule is CCCNCc1n[nH]c(C)c1S(=O)(=O)NCC1CCSC1. The maximum Gasteiger partial charge on any atom is 0.244 e. The van der Waals surface area contributed by atoms with Gasteiger partial charge in [-0.1, -0.05) is 6.92 Å². The maximum absolute atomic E-state index is 12.5. The van der Waals surface area contributed by atoms with Crippen LogP contribution in [0.5, 0.6) is 0 Å². The highest BCUT2D eigenvalue weighted by atomic mass is 32.2. The zero-order valence-electron chi connectivity index (χ0n) is 12.6. The number of aryl methyl sites for hydroxylation is 1. The molecule has 8 heteroatoms. The van der Waals surface area contributed by atoms with E-state index < -0.39 is 10.0 Å². The highest BCUT2D eigenvalue weighted by Crippen LogP contribution is 2.24. The summed E-state index contributed by atoms with van der Waals surface area (Å²) in [5, 5.41) is 10.1. The van der Waals surface area contributed by atoms with Gasteiger partial charge in [0, 0.05) is 13.1 Å². The van der Waals surface area contributed by atoms with E-state index in [1.54, 1.807) is 6.92 Å². The van der Waals surface area contributed by atoms with Crippen LogP contribution >= 0.6 is 11.8 Å². The lowest BCUT2D eigenvalue weighted by Gasteiger charge is -2.11. The number of nitrogens with zero attached hydrogens (tertiary/aromatic N) is 1. The monoisotopic (exact) mass is 332 g/mol. The predicted molar refractivity (Wildman–Crippen MR) is 85.9 cm³/mol. The first kappa shape index (κ1) is 16.8. The van der Waals surface area contributed by atoms with E-state index >= 15 is 0 Å². The Hall–Kier alpha value is -0.570. The molecule has 2 rings (SSSR count). The zero-order valence-corrected chi connectivity index (χ0v) is 14.2. The van der Waals surface area contributed by atoms with Crippen LogP contribution in [0, 0.1) is 12.8 Å². The molecule has 6 nitrogen and oxygen atoms in total. The van der Waals surface area contributed by atoms with Crippen LogP contribution in [0.15, 0.2) is 4.90 Å². The molecule has 21 heavy (non-hydrogen) atoms. The number of thioether (sulfide) groups is 1. The van der Waals surface area contributed by atoms with Crippen LogP contribution in [0.2, 0.25) is 0 Å². The van der Waals surface area contributed by atoms with Crippen LogP contribution in [0.4, 0.5) is 0 Å². The van der Waals surface area contributed by atoms with E-state index in [1.807, 2.05) is 11.8 Å². The third-order valence-corrected chi connectivity index (χ3v) is 6.39. The standard InChI is InChI=1S/C13H24N4O2S2/c1-3-5-14-8-12-13(10(2)16-17-12)21(18,19)15-7-11-4-6-20-9-11/h11,14-15H,3-9H2,1-2H3,(H,16,17).